The molecule has 23 heavy (non-hydrogen) atoms. The number of halogens is 1. The molecule has 1 atom stereocenters. The highest BCUT2D eigenvalue weighted by molar-refractivity contribution is 9.10. The average Bonchev–Trinajstić information content (AvgIpc) is 3.02. The van der Waals surface area contributed by atoms with Crippen molar-refractivity contribution in [3.8, 4) is 11.5 Å². The van der Waals surface area contributed by atoms with Gasteiger partial charge in [-0.15, -0.1) is 5.06 Å². The molecule has 0 amide bonds. The Bertz CT molecular complexity index is 737. The summed E-state index contributed by atoms with van der Waals surface area (Å²) in [5, 5.41) is 2.55. The zero-order valence-corrected chi connectivity index (χ0v) is 14.5. The van der Waals surface area contributed by atoms with E-state index in [0.29, 0.717) is 16.9 Å². The minimum Gasteiger partial charge on any atom is -0.497 e. The molecule has 1 unspecified atom stereocenters. The molecular weight excluding hydrogens is 364 g/mol. The maximum absolute atomic E-state index is 11.8. The number of nitrogens with zero attached hydrogens (tertiary/aromatic N) is 2. The molecule has 0 bridgehead atoms. The molecule has 7 heteroatoms. The standard InChI is InChI=1S/C16H17BrN2O4/c1-21-11-5-6-12-10(8-11)9-14(15(17)18-12)23-19-7-3-4-13(19)16(20)22-2/h5-6,8-9,13H,3-4,7H2,1-2H3. The molecule has 1 saturated heterocycles. The second kappa shape index (κ2) is 6.72. The van der Waals surface area contributed by atoms with Crippen molar-refractivity contribution >= 4 is 32.8 Å². The van der Waals surface area contributed by atoms with Gasteiger partial charge in [0.25, 0.3) is 0 Å². The monoisotopic (exact) mass is 380 g/mol. The van der Waals surface area contributed by atoms with Crippen LogP contribution in [0.25, 0.3) is 10.9 Å². The molecule has 1 fully saturated rings. The Hall–Kier alpha value is -1.86. The molecule has 0 radical (unpaired) electrons. The van der Waals surface area contributed by atoms with Crippen LogP contribution in [0.5, 0.6) is 11.5 Å². The number of pyridine rings is 1. The fraction of sp³-hybridized carbons (Fsp3) is 0.375. The second-order valence-corrected chi connectivity index (χ2v) is 6.00. The van der Waals surface area contributed by atoms with Crippen molar-refractivity contribution in [2.24, 2.45) is 0 Å². The summed E-state index contributed by atoms with van der Waals surface area (Å²) >= 11 is 3.42. The predicted octanol–water partition coefficient (Wildman–Crippen LogP) is 2.94. The van der Waals surface area contributed by atoms with Gasteiger partial charge in [0.15, 0.2) is 10.4 Å². The molecular formula is C16H17BrN2O4. The third-order valence-corrected chi connectivity index (χ3v) is 4.40. The van der Waals surface area contributed by atoms with Crippen molar-refractivity contribution in [2.75, 3.05) is 20.8 Å². The van der Waals surface area contributed by atoms with E-state index in [4.69, 9.17) is 14.3 Å². The Balaban J connectivity index is 1.89. The summed E-state index contributed by atoms with van der Waals surface area (Å²) in [4.78, 5) is 22.2. The number of carbonyl (C=O) groups is 1. The van der Waals surface area contributed by atoms with Crippen molar-refractivity contribution < 1.29 is 19.1 Å². The van der Waals surface area contributed by atoms with Gasteiger partial charge in [-0.25, -0.2) is 4.98 Å². The zero-order valence-electron chi connectivity index (χ0n) is 12.9. The van der Waals surface area contributed by atoms with E-state index >= 15 is 0 Å². The van der Waals surface area contributed by atoms with Crippen LogP contribution >= 0.6 is 15.9 Å². The largest absolute Gasteiger partial charge is 0.497 e. The van der Waals surface area contributed by atoms with Gasteiger partial charge in [0.1, 0.15) is 11.8 Å². The summed E-state index contributed by atoms with van der Waals surface area (Å²) in [6, 6.07) is 7.13. The number of methoxy groups -OCH3 is 2. The molecule has 2 aromatic rings. The molecule has 6 nitrogen and oxygen atoms in total. The number of benzene rings is 1. The highest BCUT2D eigenvalue weighted by Gasteiger charge is 2.34. The summed E-state index contributed by atoms with van der Waals surface area (Å²) in [7, 11) is 3.01. The third kappa shape index (κ3) is 3.25. The zero-order chi connectivity index (χ0) is 16.4. The summed E-state index contributed by atoms with van der Waals surface area (Å²) in [5.74, 6) is 1.02. The van der Waals surface area contributed by atoms with E-state index in [1.54, 1.807) is 12.2 Å². The van der Waals surface area contributed by atoms with Gasteiger partial charge >= 0.3 is 5.97 Å². The Labute approximate surface area is 142 Å². The van der Waals surface area contributed by atoms with Gasteiger partial charge in [0.2, 0.25) is 0 Å². The van der Waals surface area contributed by atoms with E-state index in [9.17, 15) is 4.79 Å². The van der Waals surface area contributed by atoms with E-state index in [1.165, 1.54) is 7.11 Å². The van der Waals surface area contributed by atoms with E-state index in [1.807, 2.05) is 24.3 Å². The molecule has 1 aromatic carbocycles. The first-order valence-corrected chi connectivity index (χ1v) is 8.08. The van der Waals surface area contributed by atoms with Crippen molar-refractivity contribution in [3.05, 3.63) is 28.9 Å². The first kappa shape index (κ1) is 16.0. The number of fused-ring (bicyclic) bond motifs is 1. The number of aromatic nitrogens is 1. The molecule has 0 N–H and O–H groups in total. The van der Waals surface area contributed by atoms with Crippen LogP contribution in [0, 0.1) is 0 Å². The van der Waals surface area contributed by atoms with E-state index in [-0.39, 0.29) is 12.0 Å². The molecule has 1 aromatic heterocycles. The molecule has 3 rings (SSSR count). The number of carbonyl (C=O) groups excluding carboxylic acids is 1. The minimum atomic E-state index is -0.382. The van der Waals surface area contributed by atoms with Crippen LogP contribution in [-0.4, -0.2) is 42.8 Å². The molecule has 2 heterocycles. The van der Waals surface area contributed by atoms with E-state index < -0.39 is 0 Å². The Kier molecular flexibility index (Phi) is 4.68. The van der Waals surface area contributed by atoms with Crippen LogP contribution < -0.4 is 9.57 Å². The minimum absolute atomic E-state index is 0.283. The summed E-state index contributed by atoms with van der Waals surface area (Å²) in [6.45, 7) is 0.669. The molecule has 0 spiro atoms. The third-order valence-electron chi connectivity index (χ3n) is 3.84. The summed E-state index contributed by atoms with van der Waals surface area (Å²) in [5.41, 5.74) is 0.830. The summed E-state index contributed by atoms with van der Waals surface area (Å²) in [6.07, 6.45) is 1.60. The maximum atomic E-state index is 11.8. The van der Waals surface area contributed by atoms with E-state index in [2.05, 4.69) is 20.9 Å². The van der Waals surface area contributed by atoms with Crippen molar-refractivity contribution in [1.82, 2.24) is 10.0 Å². The van der Waals surface area contributed by atoms with E-state index in [0.717, 1.165) is 29.5 Å². The quantitative estimate of drug-likeness (QED) is 0.600. The Morgan fingerprint density at radius 2 is 2.17 bits per heavy atom. The van der Waals surface area contributed by atoms with Crippen LogP contribution in [0.1, 0.15) is 12.8 Å². The number of hydrogen-bond acceptors (Lipinski definition) is 6. The molecule has 122 valence electrons. The van der Waals surface area contributed by atoms with Gasteiger partial charge in [-0.05, 0) is 53.0 Å². The smallest absolute Gasteiger partial charge is 0.326 e. The lowest BCUT2D eigenvalue weighted by Crippen LogP contribution is -2.39. The van der Waals surface area contributed by atoms with Crippen LogP contribution in [0.3, 0.4) is 0 Å². The molecule has 0 saturated carbocycles. The number of esters is 1. The highest BCUT2D eigenvalue weighted by Crippen LogP contribution is 2.31. The van der Waals surface area contributed by atoms with Crippen LogP contribution in [0.2, 0.25) is 0 Å². The van der Waals surface area contributed by atoms with Gasteiger partial charge in [0, 0.05) is 11.9 Å². The van der Waals surface area contributed by atoms with Crippen LogP contribution in [0.15, 0.2) is 28.9 Å². The SMILES string of the molecule is COC(=O)C1CCCN1Oc1cc2cc(OC)ccc2nc1Br. The summed E-state index contributed by atoms with van der Waals surface area (Å²) < 4.78 is 10.7. The Morgan fingerprint density at radius 1 is 1.35 bits per heavy atom. The van der Waals surface area contributed by atoms with Crippen molar-refractivity contribution in [3.63, 3.8) is 0 Å². The van der Waals surface area contributed by atoms with Crippen molar-refractivity contribution in [2.45, 2.75) is 18.9 Å². The van der Waals surface area contributed by atoms with Crippen LogP contribution in [0.4, 0.5) is 0 Å². The number of rotatable bonds is 4. The fourth-order valence-electron chi connectivity index (χ4n) is 2.65. The first-order chi connectivity index (χ1) is 11.1. The fourth-order valence-corrected chi connectivity index (χ4v) is 3.03. The maximum Gasteiger partial charge on any atom is 0.326 e. The lowest BCUT2D eigenvalue weighted by molar-refractivity contribution is -0.158. The number of ether oxygens (including phenoxy) is 2. The first-order valence-electron chi connectivity index (χ1n) is 7.29. The topological polar surface area (TPSA) is 60.9 Å². The normalized spacial score (nSPS) is 18.1. The molecule has 1 aliphatic rings. The number of hydrogen-bond donors (Lipinski definition) is 0. The van der Waals surface area contributed by atoms with Gasteiger partial charge in [-0.2, -0.15) is 0 Å². The highest BCUT2D eigenvalue weighted by atomic mass is 79.9. The van der Waals surface area contributed by atoms with Crippen molar-refractivity contribution in [1.29, 1.82) is 0 Å². The second-order valence-electron chi connectivity index (χ2n) is 5.25. The van der Waals surface area contributed by atoms with Gasteiger partial charge < -0.3 is 14.3 Å². The van der Waals surface area contributed by atoms with Gasteiger partial charge in [-0.3, -0.25) is 4.79 Å². The lowest BCUT2D eigenvalue weighted by atomic mass is 10.2. The van der Waals surface area contributed by atoms with Gasteiger partial charge in [-0.1, -0.05) is 0 Å². The van der Waals surface area contributed by atoms with Crippen LogP contribution in [-0.2, 0) is 9.53 Å². The Morgan fingerprint density at radius 3 is 2.91 bits per heavy atom. The molecule has 0 aliphatic carbocycles. The lowest BCUT2D eigenvalue weighted by Gasteiger charge is -2.22. The predicted molar refractivity (Wildman–Crippen MR) is 88.4 cm³/mol. The van der Waals surface area contributed by atoms with Gasteiger partial charge in [0.05, 0.1) is 19.7 Å². The average molecular weight is 381 g/mol. The molecule has 1 aliphatic heterocycles. The number of hydroxylamine groups is 2.